The monoisotopic (exact) mass is 481 g/mol. The van der Waals surface area contributed by atoms with Gasteiger partial charge in [0.15, 0.2) is 5.16 Å². The van der Waals surface area contributed by atoms with Crippen molar-refractivity contribution in [2.24, 2.45) is 5.10 Å². The first-order valence-corrected chi connectivity index (χ1v) is 13.2. The smallest absolute Gasteiger partial charge is 0.253 e. The molecule has 1 atom stereocenters. The SMILES string of the molecule is O=C(CSc1nnc2sc3ccccc3n12)N1N=C(c2cccs2)C[C@H]1c1cccs1. The zero-order valence-corrected chi connectivity index (χ0v) is 19.3. The highest BCUT2D eigenvalue weighted by Gasteiger charge is 2.34. The lowest BCUT2D eigenvalue weighted by Gasteiger charge is -2.20. The standard InChI is InChI=1S/C21H15N5OS4/c27-19(12-30-20-22-23-21-25(20)14-5-1-2-6-18(14)31-21)26-15(17-8-4-10-29-17)11-13(24-26)16-7-3-9-28-16/h1-10,15H,11-12H2/t15-/m0/s1. The van der Waals surface area contributed by atoms with Gasteiger partial charge in [-0.1, -0.05) is 47.4 Å². The van der Waals surface area contributed by atoms with Crippen LogP contribution in [0.25, 0.3) is 15.2 Å². The number of fused-ring (bicyclic) bond motifs is 3. The lowest BCUT2D eigenvalue weighted by Crippen LogP contribution is -2.28. The van der Waals surface area contributed by atoms with E-state index in [0.29, 0.717) is 0 Å². The molecule has 0 saturated carbocycles. The highest BCUT2D eigenvalue weighted by atomic mass is 32.2. The molecule has 4 aromatic heterocycles. The van der Waals surface area contributed by atoms with Crippen molar-refractivity contribution in [2.45, 2.75) is 17.6 Å². The summed E-state index contributed by atoms with van der Waals surface area (Å²) in [7, 11) is 0. The number of amides is 1. The number of thiophene rings is 2. The highest BCUT2D eigenvalue weighted by molar-refractivity contribution is 7.99. The predicted molar refractivity (Wildman–Crippen MR) is 128 cm³/mol. The Kier molecular flexibility index (Phi) is 4.87. The molecule has 0 spiro atoms. The van der Waals surface area contributed by atoms with Gasteiger partial charge in [-0.15, -0.1) is 32.9 Å². The second-order valence-electron chi connectivity index (χ2n) is 6.96. The maximum Gasteiger partial charge on any atom is 0.253 e. The summed E-state index contributed by atoms with van der Waals surface area (Å²) in [5.41, 5.74) is 2.04. The fraction of sp³-hybridized carbons (Fsp3) is 0.143. The Morgan fingerprint density at radius 1 is 1.06 bits per heavy atom. The van der Waals surface area contributed by atoms with E-state index in [0.717, 1.165) is 42.2 Å². The van der Waals surface area contributed by atoms with Crippen LogP contribution in [-0.4, -0.2) is 37.0 Å². The summed E-state index contributed by atoms with van der Waals surface area (Å²) in [6.07, 6.45) is 0.738. The number of nitrogens with zero attached hydrogens (tertiary/aromatic N) is 5. The molecule has 10 heteroatoms. The van der Waals surface area contributed by atoms with Crippen LogP contribution in [0.4, 0.5) is 0 Å². The van der Waals surface area contributed by atoms with E-state index in [2.05, 4.69) is 34.5 Å². The van der Waals surface area contributed by atoms with Gasteiger partial charge < -0.3 is 0 Å². The number of rotatable bonds is 5. The number of hydrogen-bond donors (Lipinski definition) is 0. The zero-order valence-electron chi connectivity index (χ0n) is 16.0. The molecule has 154 valence electrons. The molecule has 0 N–H and O–H groups in total. The third kappa shape index (κ3) is 3.39. The van der Waals surface area contributed by atoms with Gasteiger partial charge in [0.05, 0.1) is 32.6 Å². The normalized spacial score (nSPS) is 16.5. The summed E-state index contributed by atoms with van der Waals surface area (Å²) in [6, 6.07) is 16.3. The third-order valence-electron chi connectivity index (χ3n) is 5.08. The lowest BCUT2D eigenvalue weighted by atomic mass is 10.1. The largest absolute Gasteiger partial charge is 0.272 e. The summed E-state index contributed by atoms with van der Waals surface area (Å²) in [6.45, 7) is 0. The van der Waals surface area contributed by atoms with E-state index < -0.39 is 0 Å². The van der Waals surface area contributed by atoms with Gasteiger partial charge in [0.2, 0.25) is 4.96 Å². The first-order chi connectivity index (χ1) is 15.3. The third-order valence-corrected chi connectivity index (χ3v) is 8.90. The zero-order chi connectivity index (χ0) is 20.8. The van der Waals surface area contributed by atoms with E-state index in [4.69, 9.17) is 5.10 Å². The van der Waals surface area contributed by atoms with Crippen LogP contribution >= 0.6 is 45.8 Å². The Morgan fingerprint density at radius 3 is 2.77 bits per heavy atom. The van der Waals surface area contributed by atoms with Gasteiger partial charge in [-0.3, -0.25) is 9.20 Å². The number of thioether (sulfide) groups is 1. The number of hydrogen-bond acceptors (Lipinski definition) is 8. The van der Waals surface area contributed by atoms with Gasteiger partial charge in [0, 0.05) is 11.3 Å². The Hall–Kier alpha value is -2.53. The average Bonchev–Trinajstić information content (AvgIpc) is 3.58. The molecular formula is C21H15N5OS4. The van der Waals surface area contributed by atoms with Crippen molar-refractivity contribution in [3.05, 3.63) is 69.0 Å². The van der Waals surface area contributed by atoms with Crippen LogP contribution in [-0.2, 0) is 4.79 Å². The van der Waals surface area contributed by atoms with Gasteiger partial charge in [-0.2, -0.15) is 5.10 Å². The van der Waals surface area contributed by atoms with Gasteiger partial charge in [0.25, 0.3) is 5.91 Å². The van der Waals surface area contributed by atoms with Crippen LogP contribution in [0, 0.1) is 0 Å². The number of aromatic nitrogens is 3. The van der Waals surface area contributed by atoms with E-state index in [1.54, 1.807) is 39.0 Å². The minimum Gasteiger partial charge on any atom is -0.272 e. The highest BCUT2D eigenvalue weighted by Crippen LogP contribution is 2.37. The van der Waals surface area contributed by atoms with Gasteiger partial charge in [0.1, 0.15) is 0 Å². The molecule has 31 heavy (non-hydrogen) atoms. The number of benzene rings is 1. The van der Waals surface area contributed by atoms with Crippen LogP contribution in [0.1, 0.15) is 22.2 Å². The van der Waals surface area contributed by atoms with E-state index in [1.165, 1.54) is 11.8 Å². The van der Waals surface area contributed by atoms with Crippen molar-refractivity contribution < 1.29 is 4.79 Å². The summed E-state index contributed by atoms with van der Waals surface area (Å²) < 4.78 is 3.18. The number of para-hydroxylation sites is 1. The second-order valence-corrected chi connectivity index (χ2v) is 10.8. The van der Waals surface area contributed by atoms with Crippen LogP contribution in [0.15, 0.2) is 69.5 Å². The van der Waals surface area contributed by atoms with Crippen LogP contribution in [0.3, 0.4) is 0 Å². The predicted octanol–water partition coefficient (Wildman–Crippen LogP) is 5.54. The number of thiazole rings is 1. The minimum atomic E-state index is -0.0504. The summed E-state index contributed by atoms with van der Waals surface area (Å²) >= 11 is 6.33. The van der Waals surface area contributed by atoms with Crippen molar-refractivity contribution in [3.8, 4) is 0 Å². The molecule has 1 aliphatic heterocycles. The molecule has 0 fully saturated rings. The number of carbonyl (C=O) groups excluding carboxylic acids is 1. The number of carbonyl (C=O) groups is 1. The molecule has 1 aromatic carbocycles. The van der Waals surface area contributed by atoms with Crippen molar-refractivity contribution in [2.75, 3.05) is 5.75 Å². The van der Waals surface area contributed by atoms with E-state index >= 15 is 0 Å². The van der Waals surface area contributed by atoms with Gasteiger partial charge >= 0.3 is 0 Å². The Balaban J connectivity index is 1.27. The van der Waals surface area contributed by atoms with Gasteiger partial charge in [-0.25, -0.2) is 5.01 Å². The molecule has 5 heterocycles. The molecule has 1 aliphatic rings. The molecule has 5 aromatic rings. The average molecular weight is 482 g/mol. The molecule has 0 radical (unpaired) electrons. The fourth-order valence-corrected chi connectivity index (χ4v) is 7.03. The van der Waals surface area contributed by atoms with Crippen molar-refractivity contribution >= 4 is 72.6 Å². The van der Waals surface area contributed by atoms with Crippen molar-refractivity contribution in [3.63, 3.8) is 0 Å². The maximum atomic E-state index is 13.3. The van der Waals surface area contributed by atoms with Crippen LogP contribution in [0.5, 0.6) is 0 Å². The Labute approximate surface area is 193 Å². The summed E-state index contributed by atoms with van der Waals surface area (Å²) in [4.78, 5) is 16.4. The summed E-state index contributed by atoms with van der Waals surface area (Å²) in [5.74, 6) is 0.236. The Morgan fingerprint density at radius 2 is 1.94 bits per heavy atom. The molecular weight excluding hydrogens is 467 g/mol. The van der Waals surface area contributed by atoms with Gasteiger partial charge in [-0.05, 0) is 35.0 Å². The Bertz CT molecular complexity index is 1400. The molecule has 0 unspecified atom stereocenters. The molecule has 0 aliphatic carbocycles. The van der Waals surface area contributed by atoms with Crippen molar-refractivity contribution in [1.82, 2.24) is 19.6 Å². The maximum absolute atomic E-state index is 13.3. The number of hydrazone groups is 1. The molecule has 0 bridgehead atoms. The minimum absolute atomic E-state index is 0.0220. The second kappa shape index (κ2) is 7.86. The summed E-state index contributed by atoms with van der Waals surface area (Å²) in [5, 5.41) is 19.8. The van der Waals surface area contributed by atoms with E-state index in [9.17, 15) is 4.79 Å². The van der Waals surface area contributed by atoms with E-state index in [1.807, 2.05) is 39.4 Å². The fourth-order valence-electron chi connectivity index (χ4n) is 3.68. The van der Waals surface area contributed by atoms with Crippen LogP contribution in [0.2, 0.25) is 0 Å². The first kappa shape index (κ1) is 19.2. The van der Waals surface area contributed by atoms with Crippen molar-refractivity contribution in [1.29, 1.82) is 0 Å². The van der Waals surface area contributed by atoms with Crippen LogP contribution < -0.4 is 0 Å². The van der Waals surface area contributed by atoms with E-state index in [-0.39, 0.29) is 17.7 Å². The first-order valence-electron chi connectivity index (χ1n) is 9.60. The molecule has 0 saturated heterocycles. The quantitative estimate of drug-likeness (QED) is 0.309. The topological polar surface area (TPSA) is 62.9 Å². The lowest BCUT2D eigenvalue weighted by molar-refractivity contribution is -0.130. The molecule has 6 nitrogen and oxygen atoms in total. The molecule has 6 rings (SSSR count). The molecule has 1 amide bonds.